The Balaban J connectivity index is 2.33. The lowest BCUT2D eigenvalue weighted by Gasteiger charge is -2.01. The summed E-state index contributed by atoms with van der Waals surface area (Å²) in [7, 11) is 0. The first-order valence-electron chi connectivity index (χ1n) is 4.57. The summed E-state index contributed by atoms with van der Waals surface area (Å²) in [5.74, 6) is -0.953. The third kappa shape index (κ3) is 3.18. The highest BCUT2D eigenvalue weighted by Gasteiger charge is 2.04. The number of aromatic nitrogens is 2. The average Bonchev–Trinajstić information content (AvgIpc) is 2.61. The molecule has 0 radical (unpaired) electrons. The molecule has 1 aromatic rings. The van der Waals surface area contributed by atoms with Gasteiger partial charge in [-0.1, -0.05) is 6.92 Å². The second kappa shape index (κ2) is 5.39. The van der Waals surface area contributed by atoms with Crippen molar-refractivity contribution in [3.63, 3.8) is 0 Å². The van der Waals surface area contributed by atoms with E-state index < -0.39 is 5.97 Å². The molecule has 0 spiro atoms. The van der Waals surface area contributed by atoms with Crippen LogP contribution in [0.5, 0.6) is 0 Å². The molecular formula is C9H14N2O3. The van der Waals surface area contributed by atoms with E-state index in [1.54, 1.807) is 4.68 Å². The van der Waals surface area contributed by atoms with E-state index in [1.165, 1.54) is 12.4 Å². The summed E-state index contributed by atoms with van der Waals surface area (Å²) >= 11 is 0. The van der Waals surface area contributed by atoms with Crippen LogP contribution in [0.2, 0.25) is 0 Å². The summed E-state index contributed by atoms with van der Waals surface area (Å²) in [4.78, 5) is 10.5. The lowest BCUT2D eigenvalue weighted by molar-refractivity contribution is 0.0696. The van der Waals surface area contributed by atoms with Crippen molar-refractivity contribution in [1.29, 1.82) is 0 Å². The number of hydrogen-bond acceptors (Lipinski definition) is 3. The van der Waals surface area contributed by atoms with Crippen molar-refractivity contribution in [3.05, 3.63) is 18.0 Å². The van der Waals surface area contributed by atoms with Gasteiger partial charge in [-0.2, -0.15) is 5.10 Å². The van der Waals surface area contributed by atoms with Crippen LogP contribution in [0.25, 0.3) is 0 Å². The smallest absolute Gasteiger partial charge is 0.338 e. The van der Waals surface area contributed by atoms with E-state index in [-0.39, 0.29) is 5.56 Å². The molecule has 0 aliphatic carbocycles. The predicted molar refractivity (Wildman–Crippen MR) is 50.3 cm³/mol. The fourth-order valence-electron chi connectivity index (χ4n) is 1.00. The molecule has 5 nitrogen and oxygen atoms in total. The number of hydrogen-bond donors (Lipinski definition) is 1. The highest BCUT2D eigenvalue weighted by Crippen LogP contribution is 1.97. The molecule has 0 aliphatic heterocycles. The predicted octanol–water partition coefficient (Wildman–Crippen LogP) is 1.01. The zero-order valence-electron chi connectivity index (χ0n) is 8.14. The second-order valence-corrected chi connectivity index (χ2v) is 2.91. The second-order valence-electron chi connectivity index (χ2n) is 2.91. The van der Waals surface area contributed by atoms with Crippen molar-refractivity contribution in [2.75, 3.05) is 13.2 Å². The van der Waals surface area contributed by atoms with E-state index in [1.807, 2.05) is 6.92 Å². The summed E-state index contributed by atoms with van der Waals surface area (Å²) in [5, 5.41) is 12.5. The molecule has 78 valence electrons. The van der Waals surface area contributed by atoms with Crippen LogP contribution in [0.1, 0.15) is 23.7 Å². The molecule has 5 heteroatoms. The van der Waals surface area contributed by atoms with Gasteiger partial charge in [0.1, 0.15) is 0 Å². The normalized spacial score (nSPS) is 10.4. The Labute approximate surface area is 82.3 Å². The third-order valence-corrected chi connectivity index (χ3v) is 1.69. The van der Waals surface area contributed by atoms with Crippen LogP contribution in [-0.4, -0.2) is 34.1 Å². The van der Waals surface area contributed by atoms with Gasteiger partial charge in [-0.3, -0.25) is 4.68 Å². The maximum absolute atomic E-state index is 10.5. The van der Waals surface area contributed by atoms with Crippen molar-refractivity contribution >= 4 is 5.97 Å². The molecule has 0 saturated carbocycles. The molecule has 0 aliphatic rings. The highest BCUT2D eigenvalue weighted by atomic mass is 16.5. The van der Waals surface area contributed by atoms with E-state index in [4.69, 9.17) is 9.84 Å². The van der Waals surface area contributed by atoms with E-state index >= 15 is 0 Å². The molecule has 0 amide bonds. The van der Waals surface area contributed by atoms with Crippen molar-refractivity contribution in [2.24, 2.45) is 0 Å². The Morgan fingerprint density at radius 1 is 1.64 bits per heavy atom. The molecule has 0 aromatic carbocycles. The first-order chi connectivity index (χ1) is 6.74. The lowest BCUT2D eigenvalue weighted by Crippen LogP contribution is -2.06. The largest absolute Gasteiger partial charge is 0.478 e. The first-order valence-corrected chi connectivity index (χ1v) is 4.57. The van der Waals surface area contributed by atoms with Crippen LogP contribution in [0.3, 0.4) is 0 Å². The summed E-state index contributed by atoms with van der Waals surface area (Å²) < 4.78 is 6.82. The van der Waals surface area contributed by atoms with Crippen LogP contribution in [0.4, 0.5) is 0 Å². The Bertz CT molecular complexity index is 296. The molecule has 0 unspecified atom stereocenters. The molecule has 1 rings (SSSR count). The van der Waals surface area contributed by atoms with Gasteiger partial charge < -0.3 is 9.84 Å². The Morgan fingerprint density at radius 2 is 2.43 bits per heavy atom. The minimum atomic E-state index is -0.953. The van der Waals surface area contributed by atoms with Crippen LogP contribution >= 0.6 is 0 Å². The van der Waals surface area contributed by atoms with Crippen LogP contribution in [0.15, 0.2) is 12.4 Å². The topological polar surface area (TPSA) is 64.3 Å². The van der Waals surface area contributed by atoms with Gasteiger partial charge in [0.25, 0.3) is 0 Å². The lowest BCUT2D eigenvalue weighted by atomic mass is 10.4. The van der Waals surface area contributed by atoms with E-state index in [0.29, 0.717) is 13.2 Å². The third-order valence-electron chi connectivity index (χ3n) is 1.69. The number of carbonyl (C=O) groups is 1. The summed E-state index contributed by atoms with van der Waals surface area (Å²) in [6.45, 7) is 3.92. The number of aromatic carboxylic acids is 1. The zero-order chi connectivity index (χ0) is 10.4. The van der Waals surface area contributed by atoms with Crippen LogP contribution < -0.4 is 0 Å². The minimum Gasteiger partial charge on any atom is -0.478 e. The van der Waals surface area contributed by atoms with Gasteiger partial charge in [0.15, 0.2) is 0 Å². The SMILES string of the molecule is CCCOCCn1cc(C(=O)O)cn1. The molecule has 1 heterocycles. The molecule has 0 atom stereocenters. The summed E-state index contributed by atoms with van der Waals surface area (Å²) in [6.07, 6.45) is 3.82. The molecular weight excluding hydrogens is 184 g/mol. The highest BCUT2D eigenvalue weighted by molar-refractivity contribution is 5.86. The Hall–Kier alpha value is -1.36. The quantitative estimate of drug-likeness (QED) is 0.693. The maximum Gasteiger partial charge on any atom is 0.338 e. The van der Waals surface area contributed by atoms with Gasteiger partial charge in [-0.05, 0) is 6.42 Å². The van der Waals surface area contributed by atoms with Crippen molar-refractivity contribution in [2.45, 2.75) is 19.9 Å². The number of nitrogens with zero attached hydrogens (tertiary/aromatic N) is 2. The summed E-state index contributed by atoms with van der Waals surface area (Å²) in [6, 6.07) is 0. The Kier molecular flexibility index (Phi) is 4.12. The fourth-order valence-corrected chi connectivity index (χ4v) is 1.00. The van der Waals surface area contributed by atoms with Gasteiger partial charge in [0.05, 0.1) is 24.9 Å². The number of ether oxygens (including phenoxy) is 1. The van der Waals surface area contributed by atoms with Crippen LogP contribution in [-0.2, 0) is 11.3 Å². The number of carboxylic acid groups (broad SMARTS) is 1. The molecule has 0 saturated heterocycles. The fraction of sp³-hybridized carbons (Fsp3) is 0.556. The first kappa shape index (κ1) is 10.7. The minimum absolute atomic E-state index is 0.209. The van der Waals surface area contributed by atoms with E-state index in [9.17, 15) is 4.79 Å². The van der Waals surface area contributed by atoms with Gasteiger partial charge in [-0.25, -0.2) is 4.79 Å². The van der Waals surface area contributed by atoms with Gasteiger partial charge in [0.2, 0.25) is 0 Å². The van der Waals surface area contributed by atoms with Gasteiger partial charge in [0, 0.05) is 12.8 Å². The molecule has 1 aromatic heterocycles. The standard InChI is InChI=1S/C9H14N2O3/c1-2-4-14-5-3-11-7-8(6-10-11)9(12)13/h6-7H,2-5H2,1H3,(H,12,13). The molecule has 0 fully saturated rings. The van der Waals surface area contributed by atoms with Crippen molar-refractivity contribution in [1.82, 2.24) is 9.78 Å². The van der Waals surface area contributed by atoms with Gasteiger partial charge >= 0.3 is 5.97 Å². The number of rotatable bonds is 6. The van der Waals surface area contributed by atoms with E-state index in [0.717, 1.165) is 13.0 Å². The van der Waals surface area contributed by atoms with E-state index in [2.05, 4.69) is 5.10 Å². The van der Waals surface area contributed by atoms with Crippen molar-refractivity contribution < 1.29 is 14.6 Å². The van der Waals surface area contributed by atoms with Crippen molar-refractivity contribution in [3.8, 4) is 0 Å². The summed E-state index contributed by atoms with van der Waals surface area (Å²) in [5.41, 5.74) is 0.209. The van der Waals surface area contributed by atoms with Crippen LogP contribution in [0, 0.1) is 0 Å². The average molecular weight is 198 g/mol. The Morgan fingerprint density at radius 3 is 3.00 bits per heavy atom. The monoisotopic (exact) mass is 198 g/mol. The zero-order valence-corrected chi connectivity index (χ0v) is 8.14. The molecule has 1 N–H and O–H groups in total. The maximum atomic E-state index is 10.5. The molecule has 0 bridgehead atoms. The number of carboxylic acids is 1. The van der Waals surface area contributed by atoms with Gasteiger partial charge in [-0.15, -0.1) is 0 Å². The molecule has 14 heavy (non-hydrogen) atoms.